The molecule has 3 N–H and O–H groups in total. The fraction of sp³-hybridized carbons (Fsp3) is 0.278. The Morgan fingerprint density at radius 3 is 2.33 bits per heavy atom. The molecule has 1 aromatic carbocycles. The molecule has 0 aliphatic rings. The molecule has 6 heteroatoms. The van der Waals surface area contributed by atoms with Gasteiger partial charge in [0, 0.05) is 35.7 Å². The van der Waals surface area contributed by atoms with E-state index in [9.17, 15) is 9.59 Å². The van der Waals surface area contributed by atoms with Crippen LogP contribution in [0, 0.1) is 0 Å². The number of aromatic nitrogens is 1. The van der Waals surface area contributed by atoms with Crippen LogP contribution in [-0.4, -0.2) is 22.3 Å². The number of amides is 2. The summed E-state index contributed by atoms with van der Waals surface area (Å²) >= 11 is 0. The van der Waals surface area contributed by atoms with Crippen molar-refractivity contribution in [3.63, 3.8) is 0 Å². The fourth-order valence-corrected chi connectivity index (χ4v) is 2.08. The number of nitrogens with zero attached hydrogens (tertiary/aromatic N) is 1. The first-order valence-electron chi connectivity index (χ1n) is 7.66. The number of hydrogen-bond acceptors (Lipinski definition) is 4. The second-order valence-electron chi connectivity index (χ2n) is 6.52. The Kier molecular flexibility index (Phi) is 5.18. The van der Waals surface area contributed by atoms with Gasteiger partial charge in [0.1, 0.15) is 5.69 Å². The van der Waals surface area contributed by atoms with Crippen LogP contribution in [0.2, 0.25) is 0 Å². The van der Waals surface area contributed by atoms with Crippen LogP contribution >= 0.6 is 0 Å². The molecule has 0 saturated carbocycles. The van der Waals surface area contributed by atoms with Gasteiger partial charge in [0.25, 0.3) is 5.91 Å². The third-order valence-corrected chi connectivity index (χ3v) is 2.95. The molecular weight excluding hydrogens is 304 g/mol. The Morgan fingerprint density at radius 2 is 1.67 bits per heavy atom. The number of anilines is 3. The van der Waals surface area contributed by atoms with E-state index in [1.807, 2.05) is 39.0 Å². The molecule has 0 fully saturated rings. The van der Waals surface area contributed by atoms with Gasteiger partial charge in [0.2, 0.25) is 5.91 Å². The Morgan fingerprint density at radius 1 is 1.00 bits per heavy atom. The highest BCUT2D eigenvalue weighted by molar-refractivity contribution is 5.94. The summed E-state index contributed by atoms with van der Waals surface area (Å²) in [6.07, 6.45) is 1.58. The standard InChI is InChI=1S/C18H22N4O2/c1-12(23)20-13-6-5-7-14(10-13)21-15-8-9-19-16(11-15)17(24)22-18(2,3)4/h5-11H,1-4H3,(H,19,21)(H,20,23)(H,22,24). The van der Waals surface area contributed by atoms with Crippen LogP contribution in [0.3, 0.4) is 0 Å². The van der Waals surface area contributed by atoms with E-state index in [0.29, 0.717) is 11.4 Å². The predicted octanol–water partition coefficient (Wildman–Crippen LogP) is 3.31. The summed E-state index contributed by atoms with van der Waals surface area (Å²) in [6, 6.07) is 10.8. The molecule has 1 aromatic heterocycles. The summed E-state index contributed by atoms with van der Waals surface area (Å²) in [5.41, 5.74) is 2.26. The van der Waals surface area contributed by atoms with E-state index in [2.05, 4.69) is 20.9 Å². The average molecular weight is 326 g/mol. The van der Waals surface area contributed by atoms with Crippen LogP contribution in [0.5, 0.6) is 0 Å². The zero-order valence-corrected chi connectivity index (χ0v) is 14.3. The van der Waals surface area contributed by atoms with E-state index >= 15 is 0 Å². The van der Waals surface area contributed by atoms with Crippen molar-refractivity contribution >= 4 is 28.9 Å². The van der Waals surface area contributed by atoms with E-state index in [0.717, 1.165) is 11.4 Å². The number of benzene rings is 1. The molecule has 2 aromatic rings. The first-order valence-corrected chi connectivity index (χ1v) is 7.66. The van der Waals surface area contributed by atoms with Crippen molar-refractivity contribution in [2.24, 2.45) is 0 Å². The second kappa shape index (κ2) is 7.12. The van der Waals surface area contributed by atoms with Gasteiger partial charge in [0.15, 0.2) is 0 Å². The van der Waals surface area contributed by atoms with Crippen molar-refractivity contribution in [2.45, 2.75) is 33.2 Å². The predicted molar refractivity (Wildman–Crippen MR) is 95.5 cm³/mol. The van der Waals surface area contributed by atoms with Crippen molar-refractivity contribution in [2.75, 3.05) is 10.6 Å². The number of carbonyl (C=O) groups excluding carboxylic acids is 2. The minimum atomic E-state index is -0.325. The van der Waals surface area contributed by atoms with Crippen molar-refractivity contribution < 1.29 is 9.59 Å². The van der Waals surface area contributed by atoms with Gasteiger partial charge in [-0.2, -0.15) is 0 Å². The summed E-state index contributed by atoms with van der Waals surface area (Å²) in [5, 5.41) is 8.82. The minimum Gasteiger partial charge on any atom is -0.355 e. The first kappa shape index (κ1) is 17.5. The van der Waals surface area contributed by atoms with Crippen LogP contribution in [0.15, 0.2) is 42.6 Å². The van der Waals surface area contributed by atoms with Gasteiger partial charge < -0.3 is 16.0 Å². The molecule has 0 radical (unpaired) electrons. The van der Waals surface area contributed by atoms with E-state index < -0.39 is 0 Å². The van der Waals surface area contributed by atoms with E-state index in [1.54, 1.807) is 24.4 Å². The summed E-state index contributed by atoms with van der Waals surface area (Å²) in [5.74, 6) is -0.352. The maximum absolute atomic E-state index is 12.2. The lowest BCUT2D eigenvalue weighted by atomic mass is 10.1. The third kappa shape index (κ3) is 5.39. The molecule has 2 rings (SSSR count). The van der Waals surface area contributed by atoms with Crippen molar-refractivity contribution in [1.29, 1.82) is 0 Å². The topological polar surface area (TPSA) is 83.1 Å². The normalized spacial score (nSPS) is 10.8. The molecule has 126 valence electrons. The highest BCUT2D eigenvalue weighted by Gasteiger charge is 2.16. The largest absolute Gasteiger partial charge is 0.355 e. The van der Waals surface area contributed by atoms with E-state index in [1.165, 1.54) is 6.92 Å². The van der Waals surface area contributed by atoms with Gasteiger partial charge in [-0.15, -0.1) is 0 Å². The quantitative estimate of drug-likeness (QED) is 0.805. The summed E-state index contributed by atoms with van der Waals surface area (Å²) in [6.45, 7) is 7.21. The zero-order chi connectivity index (χ0) is 17.7. The highest BCUT2D eigenvalue weighted by atomic mass is 16.2. The van der Waals surface area contributed by atoms with Crippen molar-refractivity contribution in [3.05, 3.63) is 48.3 Å². The number of hydrogen-bond donors (Lipinski definition) is 3. The third-order valence-electron chi connectivity index (χ3n) is 2.95. The molecular formula is C18H22N4O2. The van der Waals surface area contributed by atoms with Gasteiger partial charge in [-0.05, 0) is 51.1 Å². The van der Waals surface area contributed by atoms with Gasteiger partial charge in [-0.1, -0.05) is 6.07 Å². The van der Waals surface area contributed by atoms with Crippen molar-refractivity contribution in [3.8, 4) is 0 Å². The minimum absolute atomic E-state index is 0.128. The van der Waals surface area contributed by atoms with Crippen LogP contribution in [0.1, 0.15) is 38.2 Å². The molecule has 0 bridgehead atoms. The number of rotatable bonds is 4. The molecule has 0 atom stereocenters. The van der Waals surface area contributed by atoms with Gasteiger partial charge in [-0.25, -0.2) is 0 Å². The van der Waals surface area contributed by atoms with E-state index in [4.69, 9.17) is 0 Å². The lowest BCUT2D eigenvalue weighted by Crippen LogP contribution is -2.40. The fourth-order valence-electron chi connectivity index (χ4n) is 2.08. The second-order valence-corrected chi connectivity index (χ2v) is 6.52. The molecule has 0 unspecified atom stereocenters. The molecule has 0 aliphatic heterocycles. The maximum Gasteiger partial charge on any atom is 0.270 e. The first-order chi connectivity index (χ1) is 11.2. The lowest BCUT2D eigenvalue weighted by Gasteiger charge is -2.20. The van der Waals surface area contributed by atoms with Crippen LogP contribution in [0.4, 0.5) is 17.1 Å². The average Bonchev–Trinajstić information content (AvgIpc) is 2.45. The maximum atomic E-state index is 12.2. The monoisotopic (exact) mass is 326 g/mol. The number of nitrogens with one attached hydrogen (secondary N) is 3. The molecule has 1 heterocycles. The van der Waals surface area contributed by atoms with Crippen LogP contribution < -0.4 is 16.0 Å². The van der Waals surface area contributed by atoms with Gasteiger partial charge >= 0.3 is 0 Å². The van der Waals surface area contributed by atoms with Gasteiger partial charge in [-0.3, -0.25) is 14.6 Å². The highest BCUT2D eigenvalue weighted by Crippen LogP contribution is 2.20. The SMILES string of the molecule is CC(=O)Nc1cccc(Nc2ccnc(C(=O)NC(C)(C)C)c2)c1. The number of carbonyl (C=O) groups is 2. The molecule has 6 nitrogen and oxygen atoms in total. The lowest BCUT2D eigenvalue weighted by molar-refractivity contribution is -0.114. The molecule has 0 saturated heterocycles. The summed E-state index contributed by atoms with van der Waals surface area (Å²) in [4.78, 5) is 27.4. The Labute approximate surface area is 141 Å². The molecule has 24 heavy (non-hydrogen) atoms. The smallest absolute Gasteiger partial charge is 0.270 e. The van der Waals surface area contributed by atoms with Gasteiger partial charge in [0.05, 0.1) is 0 Å². The zero-order valence-electron chi connectivity index (χ0n) is 14.3. The summed E-state index contributed by atoms with van der Waals surface area (Å²) < 4.78 is 0. The number of pyridine rings is 1. The molecule has 0 spiro atoms. The van der Waals surface area contributed by atoms with Crippen LogP contribution in [-0.2, 0) is 4.79 Å². The van der Waals surface area contributed by atoms with Crippen LogP contribution in [0.25, 0.3) is 0 Å². The molecule has 2 amide bonds. The Hall–Kier alpha value is -2.89. The molecule has 0 aliphatic carbocycles. The van der Waals surface area contributed by atoms with E-state index in [-0.39, 0.29) is 17.4 Å². The van der Waals surface area contributed by atoms with Crippen molar-refractivity contribution in [1.82, 2.24) is 10.3 Å². The summed E-state index contributed by atoms with van der Waals surface area (Å²) in [7, 11) is 0. The Balaban J connectivity index is 2.15. The Bertz CT molecular complexity index is 751.